The number of thiazole rings is 1. The van der Waals surface area contributed by atoms with Crippen LogP contribution in [0.1, 0.15) is 33.9 Å². The Morgan fingerprint density at radius 2 is 1.67 bits per heavy atom. The van der Waals surface area contributed by atoms with Crippen molar-refractivity contribution in [1.29, 1.82) is 0 Å². The van der Waals surface area contributed by atoms with Crippen molar-refractivity contribution >= 4 is 52.2 Å². The third kappa shape index (κ3) is 4.65. The number of nitrogens with zero attached hydrogens (tertiary/aromatic N) is 1. The summed E-state index contributed by atoms with van der Waals surface area (Å²) in [6, 6.07) is 22.9. The smallest absolute Gasteiger partial charge is 0.305 e. The summed E-state index contributed by atoms with van der Waals surface area (Å²) in [4.78, 5) is 58.2. The maximum absolute atomic E-state index is 13.9. The highest BCUT2D eigenvalue weighted by Crippen LogP contribution is 2.68. The fourth-order valence-corrected chi connectivity index (χ4v) is 11.1. The number of benzene rings is 3. The molecule has 3 fully saturated rings. The van der Waals surface area contributed by atoms with E-state index >= 15 is 0 Å². The van der Waals surface area contributed by atoms with Gasteiger partial charge in [0.2, 0.25) is 11.8 Å². The summed E-state index contributed by atoms with van der Waals surface area (Å²) in [5.74, 6) is -0.392. The second-order valence-corrected chi connectivity index (χ2v) is 14.8. The first-order valence-corrected chi connectivity index (χ1v) is 16.9. The monoisotopic (exact) mass is 637 g/mol. The number of amides is 3. The molecule has 3 heterocycles. The molecule has 3 aromatic carbocycles. The SMILES string of the molecule is Cc1ccc(N2C(=O)C3C(C2=O)[C@@H]2C[C@H]3C3Sc4[nH]c(=O)sc4[C@H](c4ccc(OCC(=O)Nc5cccc(C)c5)cc4)C32)cc1. The fourth-order valence-electron chi connectivity index (χ4n) is 8.18. The zero-order chi connectivity index (χ0) is 31.0. The van der Waals surface area contributed by atoms with E-state index in [1.165, 1.54) is 16.2 Å². The lowest BCUT2D eigenvalue weighted by molar-refractivity contribution is -0.123. The molecular weight excluding hydrogens is 607 g/mol. The Labute approximate surface area is 268 Å². The molecule has 1 saturated heterocycles. The Morgan fingerprint density at radius 3 is 2.40 bits per heavy atom. The Bertz CT molecular complexity index is 1900. The highest BCUT2D eigenvalue weighted by molar-refractivity contribution is 8.00. The number of fused-ring (bicyclic) bond motifs is 9. The number of nitrogens with one attached hydrogen (secondary N) is 2. The Kier molecular flexibility index (Phi) is 6.76. The quantitative estimate of drug-likeness (QED) is 0.261. The van der Waals surface area contributed by atoms with Gasteiger partial charge < -0.3 is 15.0 Å². The molecule has 228 valence electrons. The molecule has 2 aliphatic carbocycles. The largest absolute Gasteiger partial charge is 0.484 e. The Morgan fingerprint density at radius 1 is 0.933 bits per heavy atom. The van der Waals surface area contributed by atoms with E-state index < -0.39 is 0 Å². The summed E-state index contributed by atoms with van der Waals surface area (Å²) in [6.07, 6.45) is 0.837. The van der Waals surface area contributed by atoms with E-state index in [4.69, 9.17) is 4.74 Å². The second kappa shape index (κ2) is 10.7. The van der Waals surface area contributed by atoms with Gasteiger partial charge in [-0.15, -0.1) is 11.8 Å². The number of aromatic nitrogens is 1. The van der Waals surface area contributed by atoms with Crippen LogP contribution in [0, 0.1) is 43.4 Å². The van der Waals surface area contributed by atoms with Gasteiger partial charge in [-0.3, -0.25) is 24.1 Å². The first-order chi connectivity index (χ1) is 21.8. The van der Waals surface area contributed by atoms with Crippen molar-refractivity contribution in [2.75, 3.05) is 16.8 Å². The van der Waals surface area contributed by atoms with Crippen LogP contribution in [0.2, 0.25) is 0 Å². The predicted octanol–water partition coefficient (Wildman–Crippen LogP) is 5.75. The van der Waals surface area contributed by atoms with E-state index in [1.807, 2.05) is 86.6 Å². The lowest BCUT2D eigenvalue weighted by Crippen LogP contribution is -2.42. The number of hydrogen-bond acceptors (Lipinski definition) is 7. The number of hydrogen-bond donors (Lipinski definition) is 2. The number of imide groups is 1. The van der Waals surface area contributed by atoms with Gasteiger partial charge in [-0.25, -0.2) is 0 Å². The summed E-state index contributed by atoms with van der Waals surface area (Å²) in [7, 11) is 0. The van der Waals surface area contributed by atoms with Crippen LogP contribution in [0.15, 0.2) is 82.6 Å². The first kappa shape index (κ1) is 28.3. The summed E-state index contributed by atoms with van der Waals surface area (Å²) in [6.45, 7) is 3.83. The van der Waals surface area contributed by atoms with Crippen LogP contribution in [0.3, 0.4) is 0 Å². The van der Waals surface area contributed by atoms with Gasteiger partial charge in [0, 0.05) is 21.7 Å². The van der Waals surface area contributed by atoms with Crippen molar-refractivity contribution in [3.8, 4) is 5.75 Å². The van der Waals surface area contributed by atoms with Gasteiger partial charge in [-0.05, 0) is 85.5 Å². The van der Waals surface area contributed by atoms with Crippen molar-refractivity contribution in [3.63, 3.8) is 0 Å². The van der Waals surface area contributed by atoms with Gasteiger partial charge in [-0.2, -0.15) is 0 Å². The molecular formula is C35H31N3O5S2. The maximum atomic E-state index is 13.9. The van der Waals surface area contributed by atoms with Crippen molar-refractivity contribution in [2.24, 2.45) is 29.6 Å². The van der Waals surface area contributed by atoms with Gasteiger partial charge in [0.15, 0.2) is 6.61 Å². The van der Waals surface area contributed by atoms with E-state index in [0.29, 0.717) is 11.4 Å². The minimum Gasteiger partial charge on any atom is -0.484 e. The molecule has 8 rings (SSSR count). The van der Waals surface area contributed by atoms with Gasteiger partial charge in [0.05, 0.1) is 22.5 Å². The number of aryl methyl sites for hydroxylation is 2. The van der Waals surface area contributed by atoms with E-state index in [-0.39, 0.29) is 70.0 Å². The molecule has 2 aliphatic heterocycles. The van der Waals surface area contributed by atoms with E-state index in [2.05, 4.69) is 10.3 Å². The summed E-state index contributed by atoms with van der Waals surface area (Å²) < 4.78 is 5.81. The van der Waals surface area contributed by atoms with Crippen molar-refractivity contribution in [2.45, 2.75) is 36.5 Å². The maximum Gasteiger partial charge on any atom is 0.305 e. The summed E-state index contributed by atoms with van der Waals surface area (Å²) >= 11 is 2.92. The van der Waals surface area contributed by atoms with Crippen LogP contribution in [-0.4, -0.2) is 34.6 Å². The first-order valence-electron chi connectivity index (χ1n) is 15.2. The van der Waals surface area contributed by atoms with Crippen LogP contribution in [0.25, 0.3) is 0 Å². The van der Waals surface area contributed by atoms with Gasteiger partial charge in [-0.1, -0.05) is 53.3 Å². The molecule has 8 nitrogen and oxygen atoms in total. The number of aromatic amines is 1. The van der Waals surface area contributed by atoms with Crippen molar-refractivity contribution in [1.82, 2.24) is 4.98 Å². The second-order valence-electron chi connectivity index (χ2n) is 12.6. The van der Waals surface area contributed by atoms with Crippen molar-refractivity contribution in [3.05, 3.63) is 104 Å². The number of carbonyl (C=O) groups is 3. The number of H-pyrrole nitrogens is 1. The molecule has 4 unspecified atom stereocenters. The zero-order valence-corrected chi connectivity index (χ0v) is 26.3. The fraction of sp³-hybridized carbons (Fsp3) is 0.314. The average Bonchev–Trinajstić information content (AvgIpc) is 3.76. The van der Waals surface area contributed by atoms with Gasteiger partial charge >= 0.3 is 4.87 Å². The standard InChI is InChI=1S/C35H31N3O5S2/c1-17-6-10-21(11-7-17)38-33(40)28-23-15-24(29(28)34(38)41)30-27(23)26(31-32(44-30)37-35(42)45-31)19-8-12-22(13-9-19)43-16-25(39)36-20-5-3-4-18(2)14-20/h3-14,23-24,26-30H,15-16H2,1-2H3,(H,36,39)(H,37,42)/t23-,24-,26-,27?,28?,29?,30?/m1/s1. The molecule has 3 amide bonds. The molecule has 7 atom stereocenters. The molecule has 2 saturated carbocycles. The topological polar surface area (TPSA) is 109 Å². The number of rotatable bonds is 6. The molecule has 1 aromatic heterocycles. The summed E-state index contributed by atoms with van der Waals surface area (Å²) in [5.41, 5.74) is 4.53. The molecule has 0 radical (unpaired) electrons. The van der Waals surface area contributed by atoms with Crippen LogP contribution in [0.5, 0.6) is 5.75 Å². The molecule has 45 heavy (non-hydrogen) atoms. The number of thioether (sulfide) groups is 1. The lowest BCUT2D eigenvalue weighted by atomic mass is 9.68. The molecule has 0 spiro atoms. The Balaban J connectivity index is 1.05. The predicted molar refractivity (Wildman–Crippen MR) is 174 cm³/mol. The van der Waals surface area contributed by atoms with Crippen LogP contribution in [0.4, 0.5) is 11.4 Å². The van der Waals surface area contributed by atoms with E-state index in [9.17, 15) is 19.2 Å². The molecule has 4 aromatic rings. The minimum atomic E-state index is -0.347. The molecule has 4 aliphatic rings. The lowest BCUT2D eigenvalue weighted by Gasteiger charge is -2.43. The Hall–Kier alpha value is -4.15. The highest BCUT2D eigenvalue weighted by Gasteiger charge is 2.69. The zero-order valence-electron chi connectivity index (χ0n) is 24.7. The van der Waals surface area contributed by atoms with Crippen LogP contribution in [-0.2, 0) is 14.4 Å². The van der Waals surface area contributed by atoms with Crippen molar-refractivity contribution < 1.29 is 19.1 Å². The van der Waals surface area contributed by atoms with Crippen LogP contribution < -0.4 is 19.8 Å². The molecule has 2 N–H and O–H groups in total. The number of carbonyl (C=O) groups excluding carboxylic acids is 3. The third-order valence-corrected chi connectivity index (χ3v) is 12.5. The molecule has 2 bridgehead atoms. The third-order valence-electron chi connectivity index (χ3n) is 9.93. The van der Waals surface area contributed by atoms with E-state index in [0.717, 1.165) is 38.7 Å². The van der Waals surface area contributed by atoms with Gasteiger partial charge in [0.25, 0.3) is 5.91 Å². The number of ether oxygens (including phenoxy) is 1. The van der Waals surface area contributed by atoms with Gasteiger partial charge in [0.1, 0.15) is 5.75 Å². The number of anilines is 2. The molecule has 10 heteroatoms. The minimum absolute atomic E-state index is 0.0426. The normalized spacial score (nSPS) is 27.7. The highest BCUT2D eigenvalue weighted by atomic mass is 32.2. The van der Waals surface area contributed by atoms with E-state index in [1.54, 1.807) is 11.8 Å². The summed E-state index contributed by atoms with van der Waals surface area (Å²) in [5, 5.41) is 3.85. The van der Waals surface area contributed by atoms with Crippen LogP contribution >= 0.6 is 23.1 Å². The average molecular weight is 638 g/mol.